The van der Waals surface area contributed by atoms with Gasteiger partial charge < -0.3 is 28.9 Å². The Kier molecular flexibility index (Phi) is 11.4. The van der Waals surface area contributed by atoms with Gasteiger partial charge in [-0.3, -0.25) is 4.90 Å². The summed E-state index contributed by atoms with van der Waals surface area (Å²) in [7, 11) is 0. The second kappa shape index (κ2) is 17.8. The number of rotatable bonds is 10. The first-order valence-electron chi connectivity index (χ1n) is 21.5. The van der Waals surface area contributed by atoms with Gasteiger partial charge in [0.15, 0.2) is 11.0 Å². The number of anilines is 3. The zero-order chi connectivity index (χ0) is 43.4. The van der Waals surface area contributed by atoms with Crippen LogP contribution in [0.1, 0.15) is 19.7 Å². The number of allylic oxidation sites excluding steroid dienone is 2. The van der Waals surface area contributed by atoms with Gasteiger partial charge in [-0.15, -0.1) is 45.3 Å². The SMILES string of the molecule is CCN1/C(=C/C=C/c2n(-c3ccccc3)c3ccc(-c4nc(-c5nc6ccccc6s5)cs4)cc3[n+]2CC)N(c2ccccc2)c2ccc(-c3nc(-c4nc5ccccc5s4)cs3)cc21.[I-]. The second-order valence-electron chi connectivity index (χ2n) is 15.5. The van der Waals surface area contributed by atoms with Crippen LogP contribution in [0.25, 0.3) is 85.8 Å². The predicted molar refractivity (Wildman–Crippen MR) is 274 cm³/mol. The number of para-hydroxylation sites is 4. The molecular weight excluding hydrogens is 1000 g/mol. The fourth-order valence-electron chi connectivity index (χ4n) is 8.74. The molecule has 0 radical (unpaired) electrons. The van der Waals surface area contributed by atoms with Crippen molar-refractivity contribution in [3.05, 3.63) is 180 Å². The summed E-state index contributed by atoms with van der Waals surface area (Å²) in [4.78, 5) is 24.8. The van der Waals surface area contributed by atoms with E-state index in [1.165, 1.54) is 9.40 Å². The number of hydrogen-bond donors (Lipinski definition) is 0. The van der Waals surface area contributed by atoms with E-state index >= 15 is 0 Å². The number of benzene rings is 6. The van der Waals surface area contributed by atoms with Crippen LogP contribution in [0.3, 0.4) is 0 Å². The molecule has 0 bridgehead atoms. The Morgan fingerprint density at radius 2 is 1.15 bits per heavy atom. The summed E-state index contributed by atoms with van der Waals surface area (Å²) >= 11 is 6.70. The first kappa shape index (κ1) is 42.3. The van der Waals surface area contributed by atoms with Gasteiger partial charge in [0.2, 0.25) is 0 Å². The average molecular weight is 1040 g/mol. The van der Waals surface area contributed by atoms with Gasteiger partial charge in [0.1, 0.15) is 42.9 Å². The van der Waals surface area contributed by atoms with Crippen molar-refractivity contribution in [3.8, 4) is 48.2 Å². The van der Waals surface area contributed by atoms with Gasteiger partial charge >= 0.3 is 0 Å². The molecule has 11 aromatic rings. The van der Waals surface area contributed by atoms with Gasteiger partial charge in [0.05, 0.1) is 38.4 Å². The quantitative estimate of drug-likeness (QED) is 0.100. The molecule has 0 fully saturated rings. The number of fused-ring (bicyclic) bond motifs is 4. The van der Waals surface area contributed by atoms with Crippen molar-refractivity contribution >= 4 is 100.0 Å². The molecule has 5 aromatic heterocycles. The molecule has 12 rings (SSSR count). The van der Waals surface area contributed by atoms with Crippen LogP contribution in [0.5, 0.6) is 0 Å². The number of aryl methyl sites for hydroxylation is 1. The lowest BCUT2D eigenvalue weighted by Gasteiger charge is -2.24. The summed E-state index contributed by atoms with van der Waals surface area (Å²) in [5.74, 6) is 2.16. The van der Waals surface area contributed by atoms with Crippen LogP contribution in [0.2, 0.25) is 0 Å². The monoisotopic (exact) mass is 1040 g/mol. The first-order valence-corrected chi connectivity index (χ1v) is 24.9. The molecule has 0 saturated carbocycles. The minimum atomic E-state index is 0. The predicted octanol–water partition coefficient (Wildman–Crippen LogP) is 11.3. The summed E-state index contributed by atoms with van der Waals surface area (Å²) in [5.41, 5.74) is 12.8. The number of hydrogen-bond acceptors (Lipinski definition) is 10. The van der Waals surface area contributed by atoms with E-state index in [0.29, 0.717) is 0 Å². The maximum absolute atomic E-state index is 5.11. The van der Waals surface area contributed by atoms with Crippen LogP contribution in [-0.2, 0) is 6.54 Å². The van der Waals surface area contributed by atoms with Gasteiger partial charge in [0.25, 0.3) is 5.82 Å². The summed E-state index contributed by atoms with van der Waals surface area (Å²) < 4.78 is 7.11. The summed E-state index contributed by atoms with van der Waals surface area (Å²) in [6.07, 6.45) is 6.71. The van der Waals surface area contributed by atoms with Crippen molar-refractivity contribution in [2.75, 3.05) is 16.3 Å². The summed E-state index contributed by atoms with van der Waals surface area (Å²) in [5, 5.41) is 8.11. The fraction of sp³-hybridized carbons (Fsp3) is 0.0755. The van der Waals surface area contributed by atoms with Crippen LogP contribution in [0, 0.1) is 0 Å². The second-order valence-corrected chi connectivity index (χ2v) is 19.3. The average Bonchev–Trinajstić information content (AvgIpc) is 4.22. The zero-order valence-corrected chi connectivity index (χ0v) is 41.2. The van der Waals surface area contributed by atoms with Crippen LogP contribution in [-0.4, -0.2) is 31.0 Å². The fourth-order valence-corrected chi connectivity index (χ4v) is 12.3. The third kappa shape index (κ3) is 7.44. The van der Waals surface area contributed by atoms with E-state index in [2.05, 4.69) is 195 Å². The van der Waals surface area contributed by atoms with Gasteiger partial charge in [-0.2, -0.15) is 4.57 Å². The maximum atomic E-state index is 5.11. The standard InChI is InChI=1S/C53H39N8S4.HI/c1-3-58-44-30-34(50-56-40(32-62-50)52-54-38-20-11-13-22-46(38)64-52)26-28-42(44)60(36-16-7-5-8-17-36)48(58)24-15-25-49-59(4-2)45-31-35(27-29-43(45)61(49)37-18-9-6-10-19-37)51-57-41(33-63-51)53-55-39-21-12-14-23-47(39)65-53;/h5-33H,3-4H2,1-2H3;1H/q+1;/p-1. The molecule has 0 amide bonds. The molecule has 0 saturated heterocycles. The highest BCUT2D eigenvalue weighted by atomic mass is 127. The van der Waals surface area contributed by atoms with Gasteiger partial charge in [-0.25, -0.2) is 24.5 Å². The van der Waals surface area contributed by atoms with Gasteiger partial charge in [-0.1, -0.05) is 66.7 Å². The summed E-state index contributed by atoms with van der Waals surface area (Å²) in [6, 6.07) is 51.3. The van der Waals surface area contributed by atoms with E-state index in [1.807, 2.05) is 12.1 Å². The molecule has 13 heteroatoms. The Morgan fingerprint density at radius 3 is 1.76 bits per heavy atom. The molecule has 0 aliphatic carbocycles. The maximum Gasteiger partial charge on any atom is 0.287 e. The molecule has 8 nitrogen and oxygen atoms in total. The van der Waals surface area contributed by atoms with Crippen molar-refractivity contribution in [3.63, 3.8) is 0 Å². The van der Waals surface area contributed by atoms with E-state index in [0.717, 1.165) is 112 Å². The van der Waals surface area contributed by atoms with E-state index in [4.69, 9.17) is 19.9 Å². The lowest BCUT2D eigenvalue weighted by Crippen LogP contribution is -3.00. The third-order valence-corrected chi connectivity index (χ3v) is 15.6. The largest absolute Gasteiger partial charge is 1.00 e. The number of aromatic nitrogens is 6. The zero-order valence-electron chi connectivity index (χ0n) is 35.7. The van der Waals surface area contributed by atoms with Crippen LogP contribution >= 0.6 is 45.3 Å². The Bertz CT molecular complexity index is 3550. The Balaban J connectivity index is 0.00000481. The van der Waals surface area contributed by atoms with Crippen molar-refractivity contribution in [2.24, 2.45) is 0 Å². The van der Waals surface area contributed by atoms with E-state index < -0.39 is 0 Å². The molecule has 1 aliphatic heterocycles. The molecule has 0 unspecified atom stereocenters. The van der Waals surface area contributed by atoms with Crippen molar-refractivity contribution in [2.45, 2.75) is 20.4 Å². The number of thiazole rings is 4. The smallest absolute Gasteiger partial charge is 0.287 e. The van der Waals surface area contributed by atoms with E-state index in [9.17, 15) is 0 Å². The van der Waals surface area contributed by atoms with Gasteiger partial charge in [-0.05, 0) is 105 Å². The molecule has 6 heterocycles. The lowest BCUT2D eigenvalue weighted by atomic mass is 10.1. The molecule has 1 aliphatic rings. The highest BCUT2D eigenvalue weighted by Crippen LogP contribution is 2.48. The van der Waals surface area contributed by atoms with Crippen LogP contribution in [0.4, 0.5) is 17.1 Å². The highest BCUT2D eigenvalue weighted by molar-refractivity contribution is 7.22. The highest BCUT2D eigenvalue weighted by Gasteiger charge is 2.32. The summed E-state index contributed by atoms with van der Waals surface area (Å²) in [6.45, 7) is 6.01. The molecule has 6 aromatic carbocycles. The number of halogens is 1. The third-order valence-electron chi connectivity index (χ3n) is 11.7. The van der Waals surface area contributed by atoms with E-state index in [-0.39, 0.29) is 24.0 Å². The van der Waals surface area contributed by atoms with Gasteiger partial charge in [0, 0.05) is 40.2 Å². The molecular formula is C53H39IN8S4. The Labute approximate surface area is 414 Å². The van der Waals surface area contributed by atoms with Crippen LogP contribution < -0.4 is 38.3 Å². The Hall–Kier alpha value is -6.36. The van der Waals surface area contributed by atoms with Crippen molar-refractivity contribution in [1.29, 1.82) is 0 Å². The minimum absolute atomic E-state index is 0. The first-order chi connectivity index (χ1) is 32.1. The molecule has 0 atom stereocenters. The number of nitrogens with zero attached hydrogens (tertiary/aromatic N) is 8. The minimum Gasteiger partial charge on any atom is -1.00 e. The molecule has 0 N–H and O–H groups in total. The number of imidazole rings is 1. The van der Waals surface area contributed by atoms with Crippen molar-refractivity contribution in [1.82, 2.24) is 24.5 Å². The van der Waals surface area contributed by atoms with E-state index in [1.54, 1.807) is 45.3 Å². The van der Waals surface area contributed by atoms with Crippen LogP contribution in [0.15, 0.2) is 174 Å². The lowest BCUT2D eigenvalue weighted by molar-refractivity contribution is -0.670. The Morgan fingerprint density at radius 1 is 0.576 bits per heavy atom. The van der Waals surface area contributed by atoms with Crippen molar-refractivity contribution < 1.29 is 28.5 Å². The molecule has 66 heavy (non-hydrogen) atoms. The normalized spacial score (nSPS) is 13.2. The topological polar surface area (TPSA) is 66.9 Å². The molecule has 322 valence electrons. The molecule has 0 spiro atoms.